The quantitative estimate of drug-likeness (QED) is 0.829. The minimum absolute atomic E-state index is 0. The summed E-state index contributed by atoms with van der Waals surface area (Å²) in [6.45, 7) is 12.1. The second-order valence-corrected chi connectivity index (χ2v) is 8.55. The molecule has 1 aliphatic rings. The zero-order valence-corrected chi connectivity index (χ0v) is 16.3. The van der Waals surface area contributed by atoms with Crippen molar-refractivity contribution in [3.63, 3.8) is 0 Å². The highest BCUT2D eigenvalue weighted by Gasteiger charge is 2.37. The number of likely N-dealkylation sites (N-methyl/N-ethyl adjacent to an activating group) is 1. The number of hydrogen-bond acceptors (Lipinski definition) is 3. The molecule has 0 bridgehead atoms. The Bertz CT molecular complexity index is 419. The van der Waals surface area contributed by atoms with E-state index in [-0.39, 0.29) is 41.1 Å². The molecule has 1 rings (SSSR count). The van der Waals surface area contributed by atoms with Gasteiger partial charge >= 0.3 is 0 Å². The highest BCUT2D eigenvalue weighted by Crippen LogP contribution is 2.26. The van der Waals surface area contributed by atoms with Gasteiger partial charge in [0.2, 0.25) is 11.8 Å². The van der Waals surface area contributed by atoms with Gasteiger partial charge in [-0.2, -0.15) is 0 Å². The van der Waals surface area contributed by atoms with Crippen LogP contribution in [-0.2, 0) is 9.59 Å². The average Bonchev–Trinajstić information content (AvgIpc) is 2.84. The van der Waals surface area contributed by atoms with E-state index in [1.54, 1.807) is 9.80 Å². The van der Waals surface area contributed by atoms with Crippen LogP contribution in [0.2, 0.25) is 0 Å². The van der Waals surface area contributed by atoms with Gasteiger partial charge in [-0.1, -0.05) is 34.6 Å². The third-order valence-corrected chi connectivity index (χ3v) is 4.13. The van der Waals surface area contributed by atoms with Crippen LogP contribution in [0.15, 0.2) is 0 Å². The molecular weight excluding hydrogens is 314 g/mol. The molecule has 1 heterocycles. The fourth-order valence-electron chi connectivity index (χ4n) is 2.92. The second kappa shape index (κ2) is 8.34. The summed E-state index contributed by atoms with van der Waals surface area (Å²) in [6, 6.07) is -0.298. The molecule has 0 aromatic carbocycles. The van der Waals surface area contributed by atoms with Gasteiger partial charge in [0.1, 0.15) is 6.04 Å². The zero-order chi connectivity index (χ0) is 17.1. The maximum absolute atomic E-state index is 12.7. The van der Waals surface area contributed by atoms with Gasteiger partial charge in [-0.25, -0.2) is 0 Å². The van der Waals surface area contributed by atoms with Gasteiger partial charge in [0.05, 0.1) is 0 Å². The van der Waals surface area contributed by atoms with Crippen LogP contribution in [0.1, 0.15) is 53.9 Å². The first-order valence-corrected chi connectivity index (χ1v) is 8.21. The Morgan fingerprint density at radius 3 is 2.26 bits per heavy atom. The normalized spacial score (nSPS) is 18.6. The summed E-state index contributed by atoms with van der Waals surface area (Å²) in [5, 5.41) is 0. The van der Waals surface area contributed by atoms with Crippen molar-refractivity contribution < 1.29 is 9.59 Å². The van der Waals surface area contributed by atoms with Crippen LogP contribution in [0.4, 0.5) is 0 Å². The van der Waals surface area contributed by atoms with E-state index in [0.29, 0.717) is 26.1 Å². The third-order valence-electron chi connectivity index (χ3n) is 4.13. The molecule has 1 unspecified atom stereocenters. The first-order chi connectivity index (χ1) is 9.97. The molecule has 2 amide bonds. The lowest BCUT2D eigenvalue weighted by atomic mass is 9.91. The van der Waals surface area contributed by atoms with Crippen molar-refractivity contribution in [3.8, 4) is 0 Å². The molecule has 23 heavy (non-hydrogen) atoms. The molecule has 0 aromatic heterocycles. The fraction of sp³-hybridized carbons (Fsp3) is 0.882. The number of hydrogen-bond donors (Lipinski definition) is 1. The van der Waals surface area contributed by atoms with Crippen molar-refractivity contribution in [1.29, 1.82) is 0 Å². The number of nitrogens with two attached hydrogens (primary N) is 1. The zero-order valence-electron chi connectivity index (χ0n) is 15.5. The van der Waals surface area contributed by atoms with E-state index in [1.165, 1.54) is 0 Å². The number of carbonyl (C=O) groups is 2. The summed E-state index contributed by atoms with van der Waals surface area (Å²) in [4.78, 5) is 28.7. The molecule has 1 aliphatic heterocycles. The van der Waals surface area contributed by atoms with E-state index >= 15 is 0 Å². The summed E-state index contributed by atoms with van der Waals surface area (Å²) < 4.78 is 0. The van der Waals surface area contributed by atoms with E-state index in [2.05, 4.69) is 0 Å². The highest BCUT2D eigenvalue weighted by atomic mass is 35.5. The largest absolute Gasteiger partial charge is 0.343 e. The van der Waals surface area contributed by atoms with Crippen LogP contribution < -0.4 is 5.73 Å². The van der Waals surface area contributed by atoms with Crippen molar-refractivity contribution in [1.82, 2.24) is 9.80 Å². The monoisotopic (exact) mass is 347 g/mol. The van der Waals surface area contributed by atoms with E-state index < -0.39 is 0 Å². The molecule has 0 aliphatic carbocycles. The van der Waals surface area contributed by atoms with Crippen molar-refractivity contribution in [2.45, 2.75) is 59.9 Å². The Morgan fingerprint density at radius 1 is 1.22 bits per heavy atom. The minimum Gasteiger partial charge on any atom is -0.343 e. The topological polar surface area (TPSA) is 66.6 Å². The maximum Gasteiger partial charge on any atom is 0.245 e. The first-order valence-electron chi connectivity index (χ1n) is 8.21. The van der Waals surface area contributed by atoms with Crippen LogP contribution in [0.5, 0.6) is 0 Å². The van der Waals surface area contributed by atoms with E-state index in [1.807, 2.05) is 41.7 Å². The average molecular weight is 348 g/mol. The van der Waals surface area contributed by atoms with Gasteiger partial charge in [-0.3, -0.25) is 9.59 Å². The van der Waals surface area contributed by atoms with Gasteiger partial charge in [-0.05, 0) is 30.2 Å². The number of carbonyl (C=O) groups excluding carboxylic acids is 2. The Balaban J connectivity index is 0.00000484. The van der Waals surface area contributed by atoms with Crippen molar-refractivity contribution in [2.24, 2.45) is 16.6 Å². The number of rotatable bonds is 5. The number of halogens is 1. The van der Waals surface area contributed by atoms with Gasteiger partial charge in [0.15, 0.2) is 0 Å². The Kier molecular flexibility index (Phi) is 8.04. The lowest BCUT2D eigenvalue weighted by molar-refractivity contribution is -0.144. The summed E-state index contributed by atoms with van der Waals surface area (Å²) >= 11 is 0. The fourth-order valence-corrected chi connectivity index (χ4v) is 2.92. The molecule has 1 fully saturated rings. The van der Waals surface area contributed by atoms with Gasteiger partial charge < -0.3 is 15.5 Å². The molecule has 1 atom stereocenters. The van der Waals surface area contributed by atoms with Gasteiger partial charge in [0, 0.05) is 26.6 Å². The summed E-state index contributed by atoms with van der Waals surface area (Å²) in [7, 11) is 1.81. The van der Waals surface area contributed by atoms with Crippen LogP contribution in [0.25, 0.3) is 0 Å². The molecule has 0 saturated carbocycles. The van der Waals surface area contributed by atoms with Crippen LogP contribution in [0, 0.1) is 10.8 Å². The number of nitrogens with zero attached hydrogens (tertiary/aromatic N) is 2. The molecule has 0 radical (unpaired) electrons. The molecule has 136 valence electrons. The number of likely N-dealkylation sites (tertiary alicyclic amines) is 1. The van der Waals surface area contributed by atoms with Gasteiger partial charge in [0.25, 0.3) is 0 Å². The standard InChI is InChI=1S/C17H33N3O2.ClH/c1-16(2,3)10-14(21)20-9-7-8-13(20)15(22)19(6)12-17(4,5)11-18;/h13H,7-12,18H2,1-6H3;1H. The summed E-state index contributed by atoms with van der Waals surface area (Å²) in [6.07, 6.45) is 2.15. The SMILES string of the molecule is CN(CC(C)(C)CN)C(=O)C1CCCN1C(=O)CC(C)(C)C.Cl. The second-order valence-electron chi connectivity index (χ2n) is 8.55. The van der Waals surface area contributed by atoms with Gasteiger partial charge in [-0.15, -0.1) is 12.4 Å². The van der Waals surface area contributed by atoms with Crippen LogP contribution >= 0.6 is 12.4 Å². The van der Waals surface area contributed by atoms with Crippen molar-refractivity contribution in [3.05, 3.63) is 0 Å². The molecular formula is C17H34ClN3O2. The third kappa shape index (κ3) is 6.68. The maximum atomic E-state index is 12.7. The lowest BCUT2D eigenvalue weighted by Crippen LogP contribution is -2.49. The highest BCUT2D eigenvalue weighted by molar-refractivity contribution is 5.88. The predicted octanol–water partition coefficient (Wildman–Crippen LogP) is 2.28. The smallest absolute Gasteiger partial charge is 0.245 e. The summed E-state index contributed by atoms with van der Waals surface area (Å²) in [5.74, 6) is 0.135. The Labute approximate surface area is 147 Å². The molecule has 0 aromatic rings. The van der Waals surface area contributed by atoms with Crippen molar-refractivity contribution >= 4 is 24.2 Å². The molecule has 0 spiro atoms. The van der Waals surface area contributed by atoms with E-state index in [0.717, 1.165) is 12.8 Å². The Morgan fingerprint density at radius 2 is 1.78 bits per heavy atom. The minimum atomic E-state index is -0.298. The molecule has 6 heteroatoms. The summed E-state index contributed by atoms with van der Waals surface area (Å²) in [5.41, 5.74) is 5.59. The van der Waals surface area contributed by atoms with Crippen LogP contribution in [0.3, 0.4) is 0 Å². The van der Waals surface area contributed by atoms with Crippen LogP contribution in [-0.4, -0.2) is 54.3 Å². The lowest BCUT2D eigenvalue weighted by Gasteiger charge is -2.33. The van der Waals surface area contributed by atoms with E-state index in [4.69, 9.17) is 5.73 Å². The number of amides is 2. The molecule has 2 N–H and O–H groups in total. The Hall–Kier alpha value is -0.810. The predicted molar refractivity (Wildman–Crippen MR) is 96.5 cm³/mol. The van der Waals surface area contributed by atoms with E-state index in [9.17, 15) is 9.59 Å². The molecule has 5 nitrogen and oxygen atoms in total. The first kappa shape index (κ1) is 22.2. The molecule has 1 saturated heterocycles. The van der Waals surface area contributed by atoms with Crippen molar-refractivity contribution in [2.75, 3.05) is 26.7 Å².